The molecule has 1 saturated carbocycles. The Kier molecular flexibility index (Phi) is 4.51. The van der Waals surface area contributed by atoms with E-state index in [0.717, 1.165) is 19.3 Å². The molecule has 0 aliphatic heterocycles. The Balaban J connectivity index is 2.27. The Morgan fingerprint density at radius 2 is 2.25 bits per heavy atom. The van der Waals surface area contributed by atoms with E-state index in [9.17, 15) is 5.11 Å². The van der Waals surface area contributed by atoms with Gasteiger partial charge in [0.1, 0.15) is 17.5 Å². The SMILES string of the molecule is CSc1ncc(C#N)c(N[C@H]2CCC[C@@H](O)C2(C)C)n1. The smallest absolute Gasteiger partial charge is 0.189 e. The number of hydrogen-bond acceptors (Lipinski definition) is 6. The molecule has 1 aliphatic rings. The van der Waals surface area contributed by atoms with E-state index in [1.54, 1.807) is 6.20 Å². The van der Waals surface area contributed by atoms with Crippen molar-refractivity contribution in [3.05, 3.63) is 11.8 Å². The molecule has 0 unspecified atom stereocenters. The quantitative estimate of drug-likeness (QED) is 0.657. The number of rotatable bonds is 3. The van der Waals surface area contributed by atoms with Crippen molar-refractivity contribution in [2.75, 3.05) is 11.6 Å². The highest BCUT2D eigenvalue weighted by Gasteiger charge is 2.39. The van der Waals surface area contributed by atoms with Crippen molar-refractivity contribution in [3.63, 3.8) is 0 Å². The highest BCUT2D eigenvalue weighted by Crippen LogP contribution is 2.37. The van der Waals surface area contributed by atoms with Crippen LogP contribution in [0.15, 0.2) is 11.4 Å². The lowest BCUT2D eigenvalue weighted by Crippen LogP contribution is -2.48. The summed E-state index contributed by atoms with van der Waals surface area (Å²) in [7, 11) is 0. The number of nitrogens with zero attached hydrogens (tertiary/aromatic N) is 3. The minimum Gasteiger partial charge on any atom is -0.392 e. The second kappa shape index (κ2) is 5.98. The van der Waals surface area contributed by atoms with Crippen molar-refractivity contribution in [2.45, 2.75) is 50.4 Å². The summed E-state index contributed by atoms with van der Waals surface area (Å²) in [5.41, 5.74) is 0.203. The summed E-state index contributed by atoms with van der Waals surface area (Å²) in [6.45, 7) is 4.11. The summed E-state index contributed by atoms with van der Waals surface area (Å²) in [6.07, 6.45) is 5.89. The lowest BCUT2D eigenvalue weighted by molar-refractivity contribution is 0.00451. The number of nitrogens with one attached hydrogen (secondary N) is 1. The van der Waals surface area contributed by atoms with Crippen LogP contribution in [-0.2, 0) is 0 Å². The maximum Gasteiger partial charge on any atom is 0.189 e. The summed E-state index contributed by atoms with van der Waals surface area (Å²) in [6, 6.07) is 2.22. The number of hydrogen-bond donors (Lipinski definition) is 2. The standard InChI is InChI=1S/C14H20N4OS/c1-14(2)10(5-4-6-11(14)19)17-12-9(7-15)8-16-13(18-12)20-3/h8,10-11,19H,4-6H2,1-3H3,(H,16,17,18)/t10-,11+/m0/s1. The monoisotopic (exact) mass is 292 g/mol. The fourth-order valence-corrected chi connectivity index (χ4v) is 2.91. The van der Waals surface area contributed by atoms with Gasteiger partial charge in [0, 0.05) is 11.5 Å². The minimum atomic E-state index is -0.332. The van der Waals surface area contributed by atoms with Crippen LogP contribution in [0.1, 0.15) is 38.7 Å². The van der Waals surface area contributed by atoms with Crippen molar-refractivity contribution >= 4 is 17.6 Å². The van der Waals surface area contributed by atoms with Crippen molar-refractivity contribution in [1.82, 2.24) is 9.97 Å². The lowest BCUT2D eigenvalue weighted by atomic mass is 9.71. The summed E-state index contributed by atoms with van der Waals surface area (Å²) in [4.78, 5) is 8.50. The summed E-state index contributed by atoms with van der Waals surface area (Å²) < 4.78 is 0. The molecule has 5 nitrogen and oxygen atoms in total. The molecule has 2 rings (SSSR count). The third-order valence-corrected chi connectivity index (χ3v) is 4.67. The average molecular weight is 292 g/mol. The molecule has 6 heteroatoms. The Labute approximate surface area is 123 Å². The number of thioether (sulfide) groups is 1. The molecule has 0 bridgehead atoms. The van der Waals surface area contributed by atoms with Crippen LogP contribution >= 0.6 is 11.8 Å². The van der Waals surface area contributed by atoms with Gasteiger partial charge in [-0.3, -0.25) is 0 Å². The van der Waals surface area contributed by atoms with Crippen molar-refractivity contribution < 1.29 is 5.11 Å². The predicted molar refractivity (Wildman–Crippen MR) is 79.6 cm³/mol. The molecule has 20 heavy (non-hydrogen) atoms. The van der Waals surface area contributed by atoms with Crippen LogP contribution in [0.5, 0.6) is 0 Å². The van der Waals surface area contributed by atoms with E-state index in [1.807, 2.05) is 6.26 Å². The number of aromatic nitrogens is 2. The van der Waals surface area contributed by atoms with E-state index in [0.29, 0.717) is 16.5 Å². The molecule has 0 amide bonds. The van der Waals surface area contributed by atoms with Gasteiger partial charge in [-0.25, -0.2) is 9.97 Å². The fraction of sp³-hybridized carbons (Fsp3) is 0.643. The Bertz CT molecular complexity index is 526. The van der Waals surface area contributed by atoms with Crippen LogP contribution in [0.3, 0.4) is 0 Å². The van der Waals surface area contributed by atoms with Gasteiger partial charge >= 0.3 is 0 Å². The zero-order valence-electron chi connectivity index (χ0n) is 12.1. The zero-order chi connectivity index (χ0) is 14.8. The van der Waals surface area contributed by atoms with Gasteiger partial charge in [-0.15, -0.1) is 0 Å². The number of aliphatic hydroxyl groups is 1. The first-order valence-corrected chi connectivity index (χ1v) is 7.97. The number of aliphatic hydroxyl groups excluding tert-OH is 1. The number of nitriles is 1. The van der Waals surface area contributed by atoms with Crippen molar-refractivity contribution in [3.8, 4) is 6.07 Å². The fourth-order valence-electron chi connectivity index (χ4n) is 2.57. The number of anilines is 1. The molecule has 0 saturated heterocycles. The van der Waals surface area contributed by atoms with E-state index in [4.69, 9.17) is 5.26 Å². The zero-order valence-corrected chi connectivity index (χ0v) is 12.9. The van der Waals surface area contributed by atoms with Crippen LogP contribution in [-0.4, -0.2) is 33.5 Å². The Morgan fingerprint density at radius 1 is 1.50 bits per heavy atom. The van der Waals surface area contributed by atoms with E-state index < -0.39 is 0 Å². The van der Waals surface area contributed by atoms with E-state index in [1.165, 1.54) is 11.8 Å². The first-order valence-electron chi connectivity index (χ1n) is 6.74. The van der Waals surface area contributed by atoms with Crippen LogP contribution < -0.4 is 5.32 Å². The van der Waals surface area contributed by atoms with Gasteiger partial charge in [-0.05, 0) is 25.5 Å². The summed E-state index contributed by atoms with van der Waals surface area (Å²) in [5, 5.41) is 23.3. The van der Waals surface area contributed by atoms with Gasteiger partial charge in [0.25, 0.3) is 0 Å². The second-order valence-electron chi connectivity index (χ2n) is 5.70. The molecular formula is C14H20N4OS. The predicted octanol–water partition coefficient (Wildman–Crippen LogP) is 2.42. The molecule has 2 atom stereocenters. The molecular weight excluding hydrogens is 272 g/mol. The molecule has 0 spiro atoms. The molecule has 0 radical (unpaired) electrons. The maximum absolute atomic E-state index is 10.2. The van der Waals surface area contributed by atoms with Gasteiger partial charge in [0.2, 0.25) is 0 Å². The largest absolute Gasteiger partial charge is 0.392 e. The molecule has 0 aromatic carbocycles. The molecule has 1 aliphatic carbocycles. The van der Waals surface area contributed by atoms with Gasteiger partial charge in [0.05, 0.1) is 12.3 Å². The first kappa shape index (κ1) is 15.1. The molecule has 2 N–H and O–H groups in total. The van der Waals surface area contributed by atoms with Crippen LogP contribution in [0, 0.1) is 16.7 Å². The summed E-state index contributed by atoms with van der Waals surface area (Å²) in [5.74, 6) is 0.569. The normalized spacial score (nSPS) is 24.9. The van der Waals surface area contributed by atoms with Crippen LogP contribution in [0.25, 0.3) is 0 Å². The maximum atomic E-state index is 10.2. The van der Waals surface area contributed by atoms with Gasteiger partial charge in [-0.2, -0.15) is 5.26 Å². The molecule has 1 aromatic heterocycles. The topological polar surface area (TPSA) is 81.8 Å². The Morgan fingerprint density at radius 3 is 2.90 bits per heavy atom. The highest BCUT2D eigenvalue weighted by atomic mass is 32.2. The first-order chi connectivity index (χ1) is 9.48. The minimum absolute atomic E-state index is 0.1000. The van der Waals surface area contributed by atoms with Gasteiger partial charge < -0.3 is 10.4 Å². The molecule has 1 heterocycles. The molecule has 1 aromatic rings. The van der Waals surface area contributed by atoms with Gasteiger partial charge in [0.15, 0.2) is 5.16 Å². The Hall–Kier alpha value is -1.32. The third kappa shape index (κ3) is 2.89. The summed E-state index contributed by atoms with van der Waals surface area (Å²) >= 11 is 1.44. The van der Waals surface area contributed by atoms with Crippen LogP contribution in [0.2, 0.25) is 0 Å². The molecule has 1 fully saturated rings. The van der Waals surface area contributed by atoms with Crippen molar-refractivity contribution in [2.24, 2.45) is 5.41 Å². The molecule has 108 valence electrons. The van der Waals surface area contributed by atoms with E-state index >= 15 is 0 Å². The second-order valence-corrected chi connectivity index (χ2v) is 6.47. The van der Waals surface area contributed by atoms with Gasteiger partial charge in [-0.1, -0.05) is 25.6 Å². The highest BCUT2D eigenvalue weighted by molar-refractivity contribution is 7.98. The van der Waals surface area contributed by atoms with E-state index in [-0.39, 0.29) is 17.6 Å². The average Bonchev–Trinajstić information content (AvgIpc) is 2.44. The third-order valence-electron chi connectivity index (χ3n) is 4.11. The van der Waals surface area contributed by atoms with E-state index in [2.05, 4.69) is 35.2 Å². The van der Waals surface area contributed by atoms with Crippen molar-refractivity contribution in [1.29, 1.82) is 5.26 Å². The van der Waals surface area contributed by atoms with Crippen LogP contribution in [0.4, 0.5) is 5.82 Å². The lowest BCUT2D eigenvalue weighted by Gasteiger charge is -2.43.